The SMILES string of the molecule is O=C(C1CC2CCC1C2)N1CCN(c2ccc(F)cc2)CC1. The van der Waals surface area contributed by atoms with Crippen molar-refractivity contribution in [2.45, 2.75) is 25.7 Å². The second-order valence-corrected chi connectivity index (χ2v) is 7.07. The molecule has 1 aromatic carbocycles. The Bertz CT molecular complexity index is 551. The van der Waals surface area contributed by atoms with Crippen LogP contribution >= 0.6 is 0 Å². The lowest BCUT2D eigenvalue weighted by atomic mass is 9.87. The van der Waals surface area contributed by atoms with Crippen molar-refractivity contribution in [3.8, 4) is 0 Å². The third-order valence-electron chi connectivity index (χ3n) is 5.84. The summed E-state index contributed by atoms with van der Waals surface area (Å²) in [7, 11) is 0. The van der Waals surface area contributed by atoms with Crippen LogP contribution < -0.4 is 4.90 Å². The zero-order valence-corrected chi connectivity index (χ0v) is 12.9. The predicted molar refractivity (Wildman–Crippen MR) is 84.1 cm³/mol. The Balaban J connectivity index is 1.35. The van der Waals surface area contributed by atoms with E-state index in [9.17, 15) is 9.18 Å². The standard InChI is InChI=1S/C18H23FN2O/c19-15-3-5-16(6-4-15)20-7-9-21(10-8-20)18(22)17-12-13-1-2-14(17)11-13/h3-6,13-14,17H,1-2,7-12H2. The molecule has 1 aliphatic heterocycles. The summed E-state index contributed by atoms with van der Waals surface area (Å²) in [5.74, 6) is 1.98. The summed E-state index contributed by atoms with van der Waals surface area (Å²) < 4.78 is 13.0. The van der Waals surface area contributed by atoms with Crippen molar-refractivity contribution in [1.82, 2.24) is 4.90 Å². The van der Waals surface area contributed by atoms with Crippen molar-refractivity contribution in [2.24, 2.45) is 17.8 Å². The van der Waals surface area contributed by atoms with E-state index in [-0.39, 0.29) is 5.82 Å². The van der Waals surface area contributed by atoms with Gasteiger partial charge in [-0.25, -0.2) is 4.39 Å². The lowest BCUT2D eigenvalue weighted by Gasteiger charge is -2.38. The number of rotatable bonds is 2. The largest absolute Gasteiger partial charge is 0.368 e. The molecule has 0 spiro atoms. The van der Waals surface area contributed by atoms with E-state index in [1.165, 1.54) is 31.4 Å². The number of anilines is 1. The van der Waals surface area contributed by atoms with Crippen LogP contribution in [-0.2, 0) is 4.79 Å². The van der Waals surface area contributed by atoms with Gasteiger partial charge >= 0.3 is 0 Å². The maximum atomic E-state index is 13.0. The van der Waals surface area contributed by atoms with Crippen LogP contribution in [0.15, 0.2) is 24.3 Å². The van der Waals surface area contributed by atoms with Gasteiger partial charge in [0.1, 0.15) is 5.82 Å². The molecule has 22 heavy (non-hydrogen) atoms. The van der Waals surface area contributed by atoms with E-state index in [4.69, 9.17) is 0 Å². The summed E-state index contributed by atoms with van der Waals surface area (Å²) in [6.07, 6.45) is 5.01. The van der Waals surface area contributed by atoms with Gasteiger partial charge < -0.3 is 9.80 Å². The molecule has 1 aromatic rings. The van der Waals surface area contributed by atoms with Crippen molar-refractivity contribution in [3.63, 3.8) is 0 Å². The smallest absolute Gasteiger partial charge is 0.226 e. The van der Waals surface area contributed by atoms with Crippen molar-refractivity contribution in [2.75, 3.05) is 31.1 Å². The summed E-state index contributed by atoms with van der Waals surface area (Å²) in [6, 6.07) is 6.65. The van der Waals surface area contributed by atoms with Crippen molar-refractivity contribution in [3.05, 3.63) is 30.1 Å². The lowest BCUT2D eigenvalue weighted by molar-refractivity contribution is -0.137. The van der Waals surface area contributed by atoms with Gasteiger partial charge in [-0.05, 0) is 55.4 Å². The first-order valence-electron chi connectivity index (χ1n) is 8.50. The first-order valence-corrected chi connectivity index (χ1v) is 8.50. The predicted octanol–water partition coefficient (Wildman–Crippen LogP) is 2.91. The Morgan fingerprint density at radius 2 is 1.73 bits per heavy atom. The minimum Gasteiger partial charge on any atom is -0.368 e. The summed E-state index contributed by atoms with van der Waals surface area (Å²) in [5, 5.41) is 0. The van der Waals surface area contributed by atoms with Crippen molar-refractivity contribution >= 4 is 11.6 Å². The highest BCUT2D eigenvalue weighted by Gasteiger charge is 2.44. The topological polar surface area (TPSA) is 23.6 Å². The average molecular weight is 302 g/mol. The molecular formula is C18H23FN2O. The Hall–Kier alpha value is -1.58. The van der Waals surface area contributed by atoms with E-state index in [2.05, 4.69) is 9.80 Å². The molecule has 0 aromatic heterocycles. The van der Waals surface area contributed by atoms with E-state index in [1.54, 1.807) is 0 Å². The van der Waals surface area contributed by atoms with Crippen LogP contribution in [0.4, 0.5) is 10.1 Å². The highest BCUT2D eigenvalue weighted by molar-refractivity contribution is 5.80. The van der Waals surface area contributed by atoms with E-state index in [0.717, 1.165) is 44.2 Å². The molecule has 4 rings (SSSR count). The maximum absolute atomic E-state index is 13.0. The minimum atomic E-state index is -0.200. The van der Waals surface area contributed by atoms with Gasteiger partial charge in [0, 0.05) is 37.8 Å². The molecule has 2 aliphatic carbocycles. The van der Waals surface area contributed by atoms with Crippen LogP contribution in [0.25, 0.3) is 0 Å². The number of piperazine rings is 1. The van der Waals surface area contributed by atoms with Crippen molar-refractivity contribution < 1.29 is 9.18 Å². The average Bonchev–Trinajstić information content (AvgIpc) is 3.18. The van der Waals surface area contributed by atoms with Crippen LogP contribution in [0.2, 0.25) is 0 Å². The summed E-state index contributed by atoms with van der Waals surface area (Å²) in [6.45, 7) is 3.28. The van der Waals surface area contributed by atoms with Gasteiger partial charge in [0.15, 0.2) is 0 Å². The lowest BCUT2D eigenvalue weighted by Crippen LogP contribution is -2.51. The number of amides is 1. The molecule has 3 unspecified atom stereocenters. The van der Waals surface area contributed by atoms with Gasteiger partial charge in [0.05, 0.1) is 0 Å². The highest BCUT2D eigenvalue weighted by atomic mass is 19.1. The van der Waals surface area contributed by atoms with Gasteiger partial charge in [0.2, 0.25) is 5.91 Å². The van der Waals surface area contributed by atoms with Gasteiger partial charge in [-0.1, -0.05) is 6.42 Å². The van der Waals surface area contributed by atoms with Gasteiger partial charge in [-0.3, -0.25) is 4.79 Å². The zero-order chi connectivity index (χ0) is 15.1. The van der Waals surface area contributed by atoms with E-state index in [1.807, 2.05) is 12.1 Å². The molecule has 1 amide bonds. The summed E-state index contributed by atoms with van der Waals surface area (Å²) in [4.78, 5) is 17.0. The summed E-state index contributed by atoms with van der Waals surface area (Å²) >= 11 is 0. The molecule has 0 N–H and O–H groups in total. The molecule has 3 nitrogen and oxygen atoms in total. The number of halogens is 1. The number of hydrogen-bond acceptors (Lipinski definition) is 2. The van der Waals surface area contributed by atoms with Crippen LogP contribution in [-0.4, -0.2) is 37.0 Å². The third kappa shape index (κ3) is 2.49. The molecule has 3 aliphatic rings. The van der Waals surface area contributed by atoms with Gasteiger partial charge in [-0.15, -0.1) is 0 Å². The molecule has 1 heterocycles. The molecule has 4 heteroatoms. The van der Waals surface area contributed by atoms with E-state index >= 15 is 0 Å². The molecule has 2 saturated carbocycles. The normalized spacial score (nSPS) is 30.9. The molecule has 0 radical (unpaired) electrons. The van der Waals surface area contributed by atoms with Crippen LogP contribution in [0.5, 0.6) is 0 Å². The molecule has 2 bridgehead atoms. The maximum Gasteiger partial charge on any atom is 0.226 e. The first-order chi connectivity index (χ1) is 10.7. The zero-order valence-electron chi connectivity index (χ0n) is 12.9. The fraction of sp³-hybridized carbons (Fsp3) is 0.611. The minimum absolute atomic E-state index is 0.200. The second-order valence-electron chi connectivity index (χ2n) is 7.07. The summed E-state index contributed by atoms with van der Waals surface area (Å²) in [5.41, 5.74) is 1.05. The molecule has 1 saturated heterocycles. The van der Waals surface area contributed by atoms with Crippen LogP contribution in [0.3, 0.4) is 0 Å². The van der Waals surface area contributed by atoms with E-state index < -0.39 is 0 Å². The molecule has 3 atom stereocenters. The Kier molecular flexibility index (Phi) is 3.55. The number of nitrogens with zero attached hydrogens (tertiary/aromatic N) is 2. The Labute approximate surface area is 131 Å². The van der Waals surface area contributed by atoms with Crippen LogP contribution in [0.1, 0.15) is 25.7 Å². The monoisotopic (exact) mass is 302 g/mol. The van der Waals surface area contributed by atoms with Gasteiger partial charge in [0.25, 0.3) is 0 Å². The van der Waals surface area contributed by atoms with Crippen LogP contribution in [0, 0.1) is 23.6 Å². The molecule has 3 fully saturated rings. The Morgan fingerprint density at radius 1 is 1.00 bits per heavy atom. The Morgan fingerprint density at radius 3 is 2.32 bits per heavy atom. The quantitative estimate of drug-likeness (QED) is 0.838. The van der Waals surface area contributed by atoms with E-state index in [0.29, 0.717) is 17.7 Å². The van der Waals surface area contributed by atoms with Gasteiger partial charge in [-0.2, -0.15) is 0 Å². The third-order valence-corrected chi connectivity index (χ3v) is 5.84. The fourth-order valence-corrected chi connectivity index (χ4v) is 4.62. The van der Waals surface area contributed by atoms with Crippen molar-refractivity contribution in [1.29, 1.82) is 0 Å². The molecular weight excluding hydrogens is 279 g/mol. The molecule has 118 valence electrons. The number of hydrogen-bond donors (Lipinski definition) is 0. The number of carbonyl (C=O) groups is 1. The first kappa shape index (κ1) is 14.0. The number of carbonyl (C=O) groups excluding carboxylic acids is 1. The second kappa shape index (κ2) is 5.56. The number of fused-ring (bicyclic) bond motifs is 2. The fourth-order valence-electron chi connectivity index (χ4n) is 4.62. The highest BCUT2D eigenvalue weighted by Crippen LogP contribution is 2.48. The number of benzene rings is 1.